The number of carbonyl (C=O) groups is 1. The largest absolute Gasteiger partial charge is 0.349 e. The number of benzene rings is 1. The Balaban J connectivity index is 1.38. The molecule has 0 radical (unpaired) electrons. The van der Waals surface area contributed by atoms with Crippen molar-refractivity contribution in [1.82, 2.24) is 20.4 Å². The van der Waals surface area contributed by atoms with Gasteiger partial charge in [-0.3, -0.25) is 9.48 Å². The summed E-state index contributed by atoms with van der Waals surface area (Å²) in [6.07, 6.45) is 5.99. The first-order valence-corrected chi connectivity index (χ1v) is 8.92. The zero-order valence-corrected chi connectivity index (χ0v) is 13.9. The van der Waals surface area contributed by atoms with Crippen molar-refractivity contribution in [3.63, 3.8) is 0 Å². The van der Waals surface area contributed by atoms with Crippen molar-refractivity contribution in [3.05, 3.63) is 53.3 Å². The van der Waals surface area contributed by atoms with Crippen molar-refractivity contribution in [2.75, 3.05) is 13.1 Å². The molecule has 2 aliphatic heterocycles. The van der Waals surface area contributed by atoms with Crippen LogP contribution in [0.4, 0.5) is 0 Å². The summed E-state index contributed by atoms with van der Waals surface area (Å²) >= 11 is 0. The summed E-state index contributed by atoms with van der Waals surface area (Å²) in [7, 11) is 0. The smallest absolute Gasteiger partial charge is 0.251 e. The summed E-state index contributed by atoms with van der Waals surface area (Å²) in [4.78, 5) is 12.5. The summed E-state index contributed by atoms with van der Waals surface area (Å²) in [5.74, 6) is 0.659. The van der Waals surface area contributed by atoms with Gasteiger partial charge in [0.1, 0.15) is 0 Å². The van der Waals surface area contributed by atoms with Crippen LogP contribution in [0.2, 0.25) is 0 Å². The van der Waals surface area contributed by atoms with Crippen LogP contribution in [-0.4, -0.2) is 34.8 Å². The number of hydrogen-bond acceptors (Lipinski definition) is 3. The second-order valence-electron chi connectivity index (χ2n) is 6.86. The van der Waals surface area contributed by atoms with Crippen LogP contribution in [0.1, 0.15) is 46.8 Å². The predicted molar refractivity (Wildman–Crippen MR) is 93.1 cm³/mol. The monoisotopic (exact) mass is 324 g/mol. The third-order valence-electron chi connectivity index (χ3n) is 5.27. The third kappa shape index (κ3) is 3.22. The molecule has 1 aromatic carbocycles. The average molecular weight is 324 g/mol. The van der Waals surface area contributed by atoms with Gasteiger partial charge in [0.2, 0.25) is 0 Å². The Labute approximate surface area is 142 Å². The molecular formula is C19H24N4O. The lowest BCUT2D eigenvalue weighted by molar-refractivity contribution is 0.0930. The summed E-state index contributed by atoms with van der Waals surface area (Å²) in [6, 6.07) is 10.4. The van der Waals surface area contributed by atoms with E-state index in [-0.39, 0.29) is 11.9 Å². The summed E-state index contributed by atoms with van der Waals surface area (Å²) in [6.45, 7) is 3.05. The minimum atomic E-state index is 0.0322. The van der Waals surface area contributed by atoms with E-state index < -0.39 is 0 Å². The number of piperidine rings is 1. The lowest BCUT2D eigenvalue weighted by Crippen LogP contribution is -2.40. The van der Waals surface area contributed by atoms with Crippen LogP contribution in [0, 0.1) is 0 Å². The molecule has 1 fully saturated rings. The lowest BCUT2D eigenvalue weighted by Gasteiger charge is -2.25. The Morgan fingerprint density at radius 2 is 1.92 bits per heavy atom. The first kappa shape index (κ1) is 15.4. The standard InChI is InChI=1S/C19H24N4O/c24-19(22-17-8-12-23-18(13-17)7-11-21-23)16-3-1-14(2-4-16)15-5-9-20-10-6-15/h1-4,7,11,15,17,20H,5-6,8-10,12-13H2,(H,22,24). The topological polar surface area (TPSA) is 59.0 Å². The van der Waals surface area contributed by atoms with E-state index in [4.69, 9.17) is 0 Å². The fourth-order valence-corrected chi connectivity index (χ4v) is 3.82. The van der Waals surface area contributed by atoms with Gasteiger partial charge in [-0.1, -0.05) is 12.1 Å². The number of amides is 1. The number of aromatic nitrogens is 2. The molecule has 1 aromatic heterocycles. The molecule has 0 spiro atoms. The van der Waals surface area contributed by atoms with E-state index in [0.29, 0.717) is 5.92 Å². The molecule has 3 heterocycles. The number of hydrogen-bond donors (Lipinski definition) is 2. The van der Waals surface area contributed by atoms with E-state index in [1.165, 1.54) is 24.1 Å². The van der Waals surface area contributed by atoms with Crippen LogP contribution in [0.3, 0.4) is 0 Å². The van der Waals surface area contributed by atoms with Crippen molar-refractivity contribution in [1.29, 1.82) is 0 Å². The predicted octanol–water partition coefficient (Wildman–Crippen LogP) is 2.09. The zero-order chi connectivity index (χ0) is 16.4. The number of nitrogens with zero attached hydrogens (tertiary/aromatic N) is 2. The van der Waals surface area contributed by atoms with Gasteiger partial charge in [-0.2, -0.15) is 5.10 Å². The van der Waals surface area contributed by atoms with E-state index in [2.05, 4.69) is 27.9 Å². The van der Waals surface area contributed by atoms with Crippen LogP contribution in [0.5, 0.6) is 0 Å². The van der Waals surface area contributed by atoms with Gasteiger partial charge in [0, 0.05) is 36.5 Å². The molecule has 2 aromatic rings. The van der Waals surface area contributed by atoms with E-state index in [9.17, 15) is 4.79 Å². The maximum absolute atomic E-state index is 12.5. The molecule has 1 unspecified atom stereocenters. The fraction of sp³-hybridized carbons (Fsp3) is 0.474. The molecule has 5 nitrogen and oxygen atoms in total. The molecule has 2 aliphatic rings. The molecule has 5 heteroatoms. The number of fused-ring (bicyclic) bond motifs is 1. The van der Waals surface area contributed by atoms with Gasteiger partial charge in [0.25, 0.3) is 5.91 Å². The first-order valence-electron chi connectivity index (χ1n) is 8.92. The first-order chi connectivity index (χ1) is 11.8. The number of rotatable bonds is 3. The van der Waals surface area contributed by atoms with Gasteiger partial charge in [0.05, 0.1) is 0 Å². The lowest BCUT2D eigenvalue weighted by atomic mass is 9.90. The van der Waals surface area contributed by atoms with E-state index in [1.807, 2.05) is 29.1 Å². The highest BCUT2D eigenvalue weighted by atomic mass is 16.1. The minimum absolute atomic E-state index is 0.0322. The molecule has 24 heavy (non-hydrogen) atoms. The molecule has 1 saturated heterocycles. The van der Waals surface area contributed by atoms with Gasteiger partial charge in [-0.25, -0.2) is 0 Å². The third-order valence-corrected chi connectivity index (χ3v) is 5.27. The van der Waals surface area contributed by atoms with Crippen LogP contribution in [0.25, 0.3) is 0 Å². The molecular weight excluding hydrogens is 300 g/mol. The Kier molecular flexibility index (Phi) is 4.34. The maximum atomic E-state index is 12.5. The van der Waals surface area contributed by atoms with Gasteiger partial charge < -0.3 is 10.6 Å². The van der Waals surface area contributed by atoms with Crippen LogP contribution in [-0.2, 0) is 13.0 Å². The maximum Gasteiger partial charge on any atom is 0.251 e. The van der Waals surface area contributed by atoms with Crippen LogP contribution in [0.15, 0.2) is 36.5 Å². The van der Waals surface area contributed by atoms with Crippen molar-refractivity contribution >= 4 is 5.91 Å². The zero-order valence-electron chi connectivity index (χ0n) is 13.9. The highest BCUT2D eigenvalue weighted by Crippen LogP contribution is 2.25. The summed E-state index contributed by atoms with van der Waals surface area (Å²) < 4.78 is 2.02. The molecule has 0 aliphatic carbocycles. The van der Waals surface area contributed by atoms with Gasteiger partial charge in [-0.05, 0) is 62.0 Å². The minimum Gasteiger partial charge on any atom is -0.349 e. The summed E-state index contributed by atoms with van der Waals surface area (Å²) in [5.41, 5.74) is 3.31. The Bertz CT molecular complexity index is 700. The molecule has 126 valence electrons. The fourth-order valence-electron chi connectivity index (χ4n) is 3.82. The van der Waals surface area contributed by atoms with Crippen molar-refractivity contribution < 1.29 is 4.79 Å². The average Bonchev–Trinajstić information content (AvgIpc) is 3.10. The Hall–Kier alpha value is -2.14. The van der Waals surface area contributed by atoms with Gasteiger partial charge >= 0.3 is 0 Å². The molecule has 1 atom stereocenters. The highest BCUT2D eigenvalue weighted by Gasteiger charge is 2.21. The van der Waals surface area contributed by atoms with E-state index in [1.54, 1.807) is 0 Å². The molecule has 1 amide bonds. The van der Waals surface area contributed by atoms with Crippen molar-refractivity contribution in [2.45, 2.75) is 44.2 Å². The van der Waals surface area contributed by atoms with Crippen molar-refractivity contribution in [3.8, 4) is 0 Å². The Morgan fingerprint density at radius 3 is 2.71 bits per heavy atom. The van der Waals surface area contributed by atoms with Crippen molar-refractivity contribution in [2.24, 2.45) is 0 Å². The molecule has 0 saturated carbocycles. The van der Waals surface area contributed by atoms with E-state index in [0.717, 1.165) is 38.0 Å². The molecule has 2 N–H and O–H groups in total. The second kappa shape index (κ2) is 6.77. The van der Waals surface area contributed by atoms with E-state index >= 15 is 0 Å². The van der Waals surface area contributed by atoms with Gasteiger partial charge in [-0.15, -0.1) is 0 Å². The highest BCUT2D eigenvalue weighted by molar-refractivity contribution is 5.94. The number of nitrogens with one attached hydrogen (secondary N) is 2. The quantitative estimate of drug-likeness (QED) is 0.909. The molecule has 0 bridgehead atoms. The normalized spacial score (nSPS) is 21.2. The number of aryl methyl sites for hydroxylation is 1. The number of carbonyl (C=O) groups excluding carboxylic acids is 1. The van der Waals surface area contributed by atoms with Crippen LogP contribution >= 0.6 is 0 Å². The summed E-state index contributed by atoms with van der Waals surface area (Å²) in [5, 5.41) is 10.9. The SMILES string of the molecule is O=C(NC1CCn2nccc2C1)c1ccc(C2CCNCC2)cc1. The molecule has 4 rings (SSSR count). The van der Waals surface area contributed by atoms with Gasteiger partial charge in [0.15, 0.2) is 0 Å². The van der Waals surface area contributed by atoms with Crippen LogP contribution < -0.4 is 10.6 Å². The second-order valence-corrected chi connectivity index (χ2v) is 6.86. The Morgan fingerprint density at radius 1 is 1.12 bits per heavy atom.